The molecular formula is C26H29N3O7. The molecule has 10 nitrogen and oxygen atoms in total. The molecule has 2 aliphatic heterocycles. The molecular weight excluding hydrogens is 466 g/mol. The second-order valence-corrected chi connectivity index (χ2v) is 8.24. The van der Waals surface area contributed by atoms with Crippen molar-refractivity contribution in [1.29, 1.82) is 0 Å². The molecule has 0 spiro atoms. The lowest BCUT2D eigenvalue weighted by atomic mass is 10.1. The van der Waals surface area contributed by atoms with Crippen LogP contribution in [0.15, 0.2) is 47.6 Å². The van der Waals surface area contributed by atoms with Crippen LogP contribution in [0, 0.1) is 6.92 Å². The van der Waals surface area contributed by atoms with Crippen molar-refractivity contribution in [2.45, 2.75) is 6.92 Å². The van der Waals surface area contributed by atoms with Crippen LogP contribution in [0.25, 0.3) is 0 Å². The summed E-state index contributed by atoms with van der Waals surface area (Å²) >= 11 is 0. The zero-order chi connectivity index (χ0) is 25.5. The molecule has 36 heavy (non-hydrogen) atoms. The number of carbonyl (C=O) groups excluding carboxylic acids is 3. The van der Waals surface area contributed by atoms with Crippen molar-refractivity contribution in [3.8, 4) is 0 Å². The molecule has 0 aromatic heterocycles. The molecule has 0 fully saturated rings. The summed E-state index contributed by atoms with van der Waals surface area (Å²) in [6.45, 7) is 4.80. The predicted molar refractivity (Wildman–Crippen MR) is 133 cm³/mol. The van der Waals surface area contributed by atoms with Gasteiger partial charge in [-0.05, 0) is 31.2 Å². The molecule has 0 atom stereocenters. The van der Waals surface area contributed by atoms with Gasteiger partial charge in [0.05, 0.1) is 56.6 Å². The van der Waals surface area contributed by atoms with Crippen molar-refractivity contribution in [3.63, 3.8) is 0 Å². The van der Waals surface area contributed by atoms with E-state index in [0.29, 0.717) is 69.7 Å². The number of hydrogen-bond donors (Lipinski definition) is 0. The van der Waals surface area contributed by atoms with E-state index in [2.05, 4.69) is 5.16 Å². The molecule has 2 aliphatic rings. The quantitative estimate of drug-likeness (QED) is 0.238. The first-order chi connectivity index (χ1) is 17.5. The Morgan fingerprint density at radius 2 is 1.31 bits per heavy atom. The van der Waals surface area contributed by atoms with Gasteiger partial charge in [-0.3, -0.25) is 14.4 Å². The standard InChI is InChI=1S/C26H29N3O7/c1-18-7-8-22-20(17-18)23(27-33-2)25(31)28(22)9-11-34-13-15-36-16-14-35-12-10-29-21-6-4-3-5-19(21)24(30)26(29)32/h3-8,17H,9-16H2,1-2H3/b27-23+. The number of fused-ring (bicyclic) bond motifs is 2. The first-order valence-electron chi connectivity index (χ1n) is 11.8. The lowest BCUT2D eigenvalue weighted by Gasteiger charge is -2.17. The van der Waals surface area contributed by atoms with Gasteiger partial charge in [-0.25, -0.2) is 0 Å². The maximum absolute atomic E-state index is 12.7. The summed E-state index contributed by atoms with van der Waals surface area (Å²) in [4.78, 5) is 44.8. The normalized spacial score (nSPS) is 15.7. The third kappa shape index (κ3) is 5.46. The highest BCUT2D eigenvalue weighted by atomic mass is 16.6. The van der Waals surface area contributed by atoms with E-state index < -0.39 is 11.7 Å². The number of nitrogens with zero attached hydrogens (tertiary/aromatic N) is 3. The van der Waals surface area contributed by atoms with Crippen LogP contribution in [0.4, 0.5) is 11.4 Å². The molecule has 2 heterocycles. The van der Waals surface area contributed by atoms with Gasteiger partial charge in [0.1, 0.15) is 7.11 Å². The Balaban J connectivity index is 1.08. The van der Waals surface area contributed by atoms with Gasteiger partial charge in [0.15, 0.2) is 5.71 Å². The monoisotopic (exact) mass is 495 g/mol. The van der Waals surface area contributed by atoms with E-state index in [1.54, 1.807) is 29.2 Å². The van der Waals surface area contributed by atoms with E-state index in [1.807, 2.05) is 25.1 Å². The Morgan fingerprint density at radius 1 is 0.722 bits per heavy atom. The molecule has 0 saturated carbocycles. The summed E-state index contributed by atoms with van der Waals surface area (Å²) in [5.41, 5.74) is 3.94. The Morgan fingerprint density at radius 3 is 1.97 bits per heavy atom. The number of Topliss-reactive ketones (excluding diaryl/α,β-unsaturated/α-hetero) is 1. The smallest absolute Gasteiger partial charge is 0.299 e. The van der Waals surface area contributed by atoms with E-state index in [9.17, 15) is 14.4 Å². The molecule has 2 aromatic carbocycles. The Labute approximate surface area is 209 Å². The third-order valence-corrected chi connectivity index (χ3v) is 5.87. The zero-order valence-electron chi connectivity index (χ0n) is 20.4. The summed E-state index contributed by atoms with van der Waals surface area (Å²) in [6.07, 6.45) is 0. The van der Waals surface area contributed by atoms with Crippen LogP contribution < -0.4 is 9.80 Å². The Kier molecular flexibility index (Phi) is 8.42. The zero-order valence-corrected chi connectivity index (χ0v) is 20.4. The van der Waals surface area contributed by atoms with Crippen molar-refractivity contribution in [2.24, 2.45) is 5.16 Å². The molecule has 10 heteroatoms. The summed E-state index contributed by atoms with van der Waals surface area (Å²) in [5, 5.41) is 3.89. The van der Waals surface area contributed by atoms with Crippen LogP contribution in [0.5, 0.6) is 0 Å². The summed E-state index contributed by atoms with van der Waals surface area (Å²) < 4.78 is 16.7. The topological polar surface area (TPSA) is 107 Å². The molecule has 0 radical (unpaired) electrons. The minimum atomic E-state index is -0.523. The highest BCUT2D eigenvalue weighted by Crippen LogP contribution is 2.30. The number of amides is 2. The fraction of sp³-hybridized carbons (Fsp3) is 0.385. The van der Waals surface area contributed by atoms with E-state index in [1.165, 1.54) is 12.0 Å². The van der Waals surface area contributed by atoms with Gasteiger partial charge in [-0.15, -0.1) is 0 Å². The number of benzene rings is 2. The lowest BCUT2D eigenvalue weighted by molar-refractivity contribution is -0.114. The molecule has 2 aromatic rings. The second-order valence-electron chi connectivity index (χ2n) is 8.24. The Bertz CT molecular complexity index is 1160. The molecule has 190 valence electrons. The highest BCUT2D eigenvalue weighted by Gasteiger charge is 2.35. The Hall–Kier alpha value is -3.60. The first kappa shape index (κ1) is 25.5. The minimum Gasteiger partial charge on any atom is -0.398 e. The second kappa shape index (κ2) is 11.9. The number of anilines is 2. The fourth-order valence-corrected chi connectivity index (χ4v) is 4.15. The van der Waals surface area contributed by atoms with Crippen molar-refractivity contribution < 1.29 is 33.4 Å². The highest BCUT2D eigenvalue weighted by molar-refractivity contribution is 6.54. The minimum absolute atomic E-state index is 0.210. The molecule has 0 saturated heterocycles. The van der Waals surface area contributed by atoms with Gasteiger partial charge in [0.2, 0.25) is 0 Å². The molecule has 2 amide bonds. The number of aryl methyl sites for hydroxylation is 1. The molecule has 0 N–H and O–H groups in total. The van der Waals surface area contributed by atoms with Gasteiger partial charge < -0.3 is 28.8 Å². The molecule has 0 aliphatic carbocycles. The van der Waals surface area contributed by atoms with Crippen LogP contribution >= 0.6 is 0 Å². The van der Waals surface area contributed by atoms with Crippen molar-refractivity contribution in [3.05, 3.63) is 59.2 Å². The number of para-hydroxylation sites is 1. The van der Waals surface area contributed by atoms with E-state index in [-0.39, 0.29) is 5.91 Å². The summed E-state index contributed by atoms with van der Waals surface area (Å²) in [7, 11) is 1.42. The van der Waals surface area contributed by atoms with E-state index in [4.69, 9.17) is 19.0 Å². The van der Waals surface area contributed by atoms with Crippen LogP contribution in [0.1, 0.15) is 21.5 Å². The van der Waals surface area contributed by atoms with E-state index in [0.717, 1.165) is 16.8 Å². The van der Waals surface area contributed by atoms with Gasteiger partial charge >= 0.3 is 0 Å². The van der Waals surface area contributed by atoms with Crippen LogP contribution in [-0.4, -0.2) is 83.1 Å². The first-order valence-corrected chi connectivity index (χ1v) is 11.8. The average Bonchev–Trinajstić information content (AvgIpc) is 3.28. The molecule has 0 bridgehead atoms. The molecule has 0 unspecified atom stereocenters. The van der Waals surface area contributed by atoms with Crippen molar-refractivity contribution in [1.82, 2.24) is 0 Å². The maximum Gasteiger partial charge on any atom is 0.299 e. The number of rotatable bonds is 13. The molecule has 4 rings (SSSR count). The number of hydrogen-bond acceptors (Lipinski definition) is 8. The van der Waals surface area contributed by atoms with Crippen molar-refractivity contribution in [2.75, 3.05) is 69.6 Å². The van der Waals surface area contributed by atoms with Crippen LogP contribution in [0.3, 0.4) is 0 Å². The number of ketones is 1. The van der Waals surface area contributed by atoms with Gasteiger partial charge in [-0.1, -0.05) is 28.9 Å². The SMILES string of the molecule is CO/N=C1/C(=O)N(CCOCCOCCOCCN2C(=O)C(=O)c3ccccc32)c2ccc(C)cc21. The maximum atomic E-state index is 12.7. The van der Waals surface area contributed by atoms with Crippen LogP contribution in [0.2, 0.25) is 0 Å². The summed E-state index contributed by atoms with van der Waals surface area (Å²) in [5.74, 6) is -1.21. The van der Waals surface area contributed by atoms with Crippen LogP contribution in [-0.2, 0) is 28.6 Å². The van der Waals surface area contributed by atoms with Gasteiger partial charge in [-0.2, -0.15) is 0 Å². The predicted octanol–water partition coefficient (Wildman–Crippen LogP) is 1.97. The van der Waals surface area contributed by atoms with E-state index >= 15 is 0 Å². The number of carbonyl (C=O) groups is 3. The van der Waals surface area contributed by atoms with Crippen molar-refractivity contribution >= 4 is 34.7 Å². The lowest BCUT2D eigenvalue weighted by Crippen LogP contribution is -2.33. The number of oxime groups is 1. The fourth-order valence-electron chi connectivity index (χ4n) is 4.15. The third-order valence-electron chi connectivity index (χ3n) is 5.87. The largest absolute Gasteiger partial charge is 0.398 e. The van der Waals surface area contributed by atoms with Gasteiger partial charge in [0, 0.05) is 18.7 Å². The van der Waals surface area contributed by atoms with Gasteiger partial charge in [0.25, 0.3) is 17.6 Å². The number of ether oxygens (including phenoxy) is 3. The summed E-state index contributed by atoms with van der Waals surface area (Å²) in [6, 6.07) is 12.7. The average molecular weight is 496 g/mol.